The average molecular weight is 143 g/mol. The summed E-state index contributed by atoms with van der Waals surface area (Å²) in [6, 6.07) is 0. The van der Waals surface area contributed by atoms with E-state index >= 15 is 0 Å². The highest BCUT2D eigenvalue weighted by atomic mass is 16.4. The molecule has 0 heterocycles. The number of carboxylic acids is 1. The molecule has 0 aromatic carbocycles. The first-order chi connectivity index (χ1) is 4.56. The topological polar surface area (TPSA) is 63.3 Å². The normalized spacial score (nSPS) is 15.8. The summed E-state index contributed by atoms with van der Waals surface area (Å²) in [7, 11) is 0. The second-order valence-electron chi connectivity index (χ2n) is 2.31. The van der Waals surface area contributed by atoms with E-state index in [0.29, 0.717) is 12.8 Å². The molecule has 0 rings (SSSR count). The lowest BCUT2D eigenvalue weighted by Gasteiger charge is -2.20. The van der Waals surface area contributed by atoms with E-state index in [2.05, 4.69) is 6.58 Å². The van der Waals surface area contributed by atoms with Crippen LogP contribution in [0, 0.1) is 0 Å². The Kier molecular flexibility index (Phi) is 3.09. The number of carbonyl (C=O) groups is 1. The van der Waals surface area contributed by atoms with Crippen molar-refractivity contribution in [2.45, 2.75) is 25.3 Å². The maximum Gasteiger partial charge on any atom is 0.323 e. The van der Waals surface area contributed by atoms with Crippen molar-refractivity contribution >= 4 is 5.97 Å². The first-order valence-corrected chi connectivity index (χ1v) is 3.20. The molecule has 0 aliphatic rings. The van der Waals surface area contributed by atoms with Gasteiger partial charge in [0.25, 0.3) is 0 Å². The molecule has 0 saturated carbocycles. The largest absolute Gasteiger partial charge is 0.480 e. The number of aliphatic carboxylic acids is 1. The molecule has 0 saturated heterocycles. The molecule has 0 aromatic heterocycles. The van der Waals surface area contributed by atoms with Crippen LogP contribution in [0.5, 0.6) is 0 Å². The lowest BCUT2D eigenvalue weighted by atomic mass is 9.94. The third-order valence-corrected chi connectivity index (χ3v) is 1.57. The monoisotopic (exact) mass is 143 g/mol. The number of hydrogen-bond acceptors (Lipinski definition) is 2. The van der Waals surface area contributed by atoms with Gasteiger partial charge in [-0.15, -0.1) is 6.58 Å². The first kappa shape index (κ1) is 9.17. The van der Waals surface area contributed by atoms with Gasteiger partial charge in [0.2, 0.25) is 0 Å². The van der Waals surface area contributed by atoms with Gasteiger partial charge in [-0.05, 0) is 12.8 Å². The summed E-state index contributed by atoms with van der Waals surface area (Å²) in [5.41, 5.74) is 4.37. The molecule has 3 nitrogen and oxygen atoms in total. The van der Waals surface area contributed by atoms with Gasteiger partial charge in [-0.25, -0.2) is 0 Å². The van der Waals surface area contributed by atoms with Crippen LogP contribution in [0.4, 0.5) is 0 Å². The Morgan fingerprint density at radius 3 is 2.50 bits per heavy atom. The Morgan fingerprint density at radius 2 is 2.40 bits per heavy atom. The molecule has 3 heteroatoms. The van der Waals surface area contributed by atoms with Gasteiger partial charge < -0.3 is 10.8 Å². The molecule has 0 spiro atoms. The summed E-state index contributed by atoms with van der Waals surface area (Å²) in [5.74, 6) is -0.963. The summed E-state index contributed by atoms with van der Waals surface area (Å²) < 4.78 is 0. The number of hydrogen-bond donors (Lipinski definition) is 2. The molecule has 0 fully saturated rings. The third-order valence-electron chi connectivity index (χ3n) is 1.57. The average Bonchev–Trinajstić information content (AvgIpc) is 1.88. The van der Waals surface area contributed by atoms with E-state index in [-0.39, 0.29) is 0 Å². The zero-order valence-corrected chi connectivity index (χ0v) is 6.13. The van der Waals surface area contributed by atoms with E-state index in [1.165, 1.54) is 6.08 Å². The molecule has 0 radical (unpaired) electrons. The van der Waals surface area contributed by atoms with Gasteiger partial charge in [0.15, 0.2) is 0 Å². The summed E-state index contributed by atoms with van der Waals surface area (Å²) >= 11 is 0. The van der Waals surface area contributed by atoms with E-state index in [1.807, 2.05) is 0 Å². The van der Waals surface area contributed by atoms with Gasteiger partial charge in [-0.3, -0.25) is 4.79 Å². The maximum absolute atomic E-state index is 10.5. The van der Waals surface area contributed by atoms with Crippen LogP contribution in [-0.4, -0.2) is 16.6 Å². The lowest BCUT2D eigenvalue weighted by Crippen LogP contribution is -2.46. The fourth-order valence-corrected chi connectivity index (χ4v) is 0.640. The Hall–Kier alpha value is -0.830. The Balaban J connectivity index is 4.21. The Morgan fingerprint density at radius 1 is 1.90 bits per heavy atom. The van der Waals surface area contributed by atoms with Crippen molar-refractivity contribution in [3.63, 3.8) is 0 Å². The van der Waals surface area contributed by atoms with Crippen LogP contribution >= 0.6 is 0 Å². The zero-order chi connectivity index (χ0) is 8.20. The zero-order valence-electron chi connectivity index (χ0n) is 6.13. The van der Waals surface area contributed by atoms with Crippen molar-refractivity contribution in [2.75, 3.05) is 0 Å². The highest BCUT2D eigenvalue weighted by molar-refractivity contribution is 5.78. The molecule has 0 aromatic rings. The molecule has 0 unspecified atom stereocenters. The van der Waals surface area contributed by atoms with Crippen molar-refractivity contribution < 1.29 is 9.90 Å². The van der Waals surface area contributed by atoms with Crippen LogP contribution in [0.1, 0.15) is 19.8 Å². The Bertz CT molecular complexity index is 145. The summed E-state index contributed by atoms with van der Waals surface area (Å²) in [6.07, 6.45) is 2.27. The van der Waals surface area contributed by atoms with Crippen molar-refractivity contribution in [2.24, 2.45) is 5.73 Å². The summed E-state index contributed by atoms with van der Waals surface area (Å²) in [6.45, 7) is 5.18. The molecule has 1 atom stereocenters. The van der Waals surface area contributed by atoms with Gasteiger partial charge >= 0.3 is 5.97 Å². The predicted octanol–water partition coefficient (Wildman–Crippen LogP) is 0.755. The minimum atomic E-state index is -1.11. The van der Waals surface area contributed by atoms with Crippen molar-refractivity contribution in [3.8, 4) is 0 Å². The highest BCUT2D eigenvalue weighted by Gasteiger charge is 2.29. The lowest BCUT2D eigenvalue weighted by molar-refractivity contribution is -0.143. The smallest absolute Gasteiger partial charge is 0.323 e. The molecule has 0 aliphatic heterocycles. The fraction of sp³-hybridized carbons (Fsp3) is 0.571. The molecule has 0 aliphatic carbocycles. The standard InChI is InChI=1S/C7H13NO2/c1-3-5-7(8,4-2)6(9)10/h3H,1,4-5,8H2,2H3,(H,9,10)/t7-/m0/s1. The number of rotatable bonds is 4. The number of nitrogens with two attached hydrogens (primary N) is 1. The molecular weight excluding hydrogens is 130 g/mol. The molecule has 10 heavy (non-hydrogen) atoms. The second kappa shape index (κ2) is 3.37. The van der Waals surface area contributed by atoms with Crippen LogP contribution in [0.15, 0.2) is 12.7 Å². The quantitative estimate of drug-likeness (QED) is 0.571. The van der Waals surface area contributed by atoms with E-state index in [0.717, 1.165) is 0 Å². The minimum absolute atomic E-state index is 0.318. The first-order valence-electron chi connectivity index (χ1n) is 3.20. The van der Waals surface area contributed by atoms with E-state index in [1.54, 1.807) is 6.92 Å². The predicted molar refractivity (Wildman–Crippen MR) is 39.7 cm³/mol. The van der Waals surface area contributed by atoms with Gasteiger partial charge in [-0.2, -0.15) is 0 Å². The number of carboxylic acid groups (broad SMARTS) is 1. The molecule has 0 amide bonds. The van der Waals surface area contributed by atoms with Crippen LogP contribution in [0.25, 0.3) is 0 Å². The molecular formula is C7H13NO2. The minimum Gasteiger partial charge on any atom is -0.480 e. The van der Waals surface area contributed by atoms with Crippen LogP contribution in [0.3, 0.4) is 0 Å². The molecule has 58 valence electrons. The van der Waals surface area contributed by atoms with Crippen LogP contribution < -0.4 is 5.73 Å². The van der Waals surface area contributed by atoms with E-state index in [4.69, 9.17) is 10.8 Å². The summed E-state index contributed by atoms with van der Waals surface area (Å²) in [4.78, 5) is 10.5. The van der Waals surface area contributed by atoms with E-state index < -0.39 is 11.5 Å². The molecule has 0 bridgehead atoms. The highest BCUT2D eigenvalue weighted by Crippen LogP contribution is 2.11. The van der Waals surface area contributed by atoms with Gasteiger partial charge in [0, 0.05) is 0 Å². The van der Waals surface area contributed by atoms with Gasteiger partial charge in [0.05, 0.1) is 0 Å². The Labute approximate surface area is 60.5 Å². The maximum atomic E-state index is 10.5. The van der Waals surface area contributed by atoms with Crippen molar-refractivity contribution in [3.05, 3.63) is 12.7 Å². The van der Waals surface area contributed by atoms with Gasteiger partial charge in [-0.1, -0.05) is 13.0 Å². The van der Waals surface area contributed by atoms with Crippen molar-refractivity contribution in [1.29, 1.82) is 0 Å². The van der Waals surface area contributed by atoms with Crippen molar-refractivity contribution in [1.82, 2.24) is 0 Å². The second-order valence-corrected chi connectivity index (χ2v) is 2.31. The third kappa shape index (κ3) is 1.84. The van der Waals surface area contributed by atoms with Crippen LogP contribution in [0.2, 0.25) is 0 Å². The summed E-state index contributed by atoms with van der Waals surface area (Å²) in [5, 5.41) is 8.59. The van der Waals surface area contributed by atoms with E-state index in [9.17, 15) is 4.79 Å². The van der Waals surface area contributed by atoms with Crippen LogP contribution in [-0.2, 0) is 4.79 Å². The molecule has 3 N–H and O–H groups in total. The SMILES string of the molecule is C=CC[C@@](N)(CC)C(=O)O. The fourth-order valence-electron chi connectivity index (χ4n) is 0.640. The van der Waals surface area contributed by atoms with Gasteiger partial charge in [0.1, 0.15) is 5.54 Å².